The van der Waals surface area contributed by atoms with Gasteiger partial charge < -0.3 is 19.9 Å². The van der Waals surface area contributed by atoms with E-state index < -0.39 is 23.7 Å². The molecule has 0 aliphatic heterocycles. The number of rotatable bonds is 6. The minimum absolute atomic E-state index is 0.0179. The third-order valence-corrected chi connectivity index (χ3v) is 3.68. The van der Waals surface area contributed by atoms with Gasteiger partial charge in [0, 0.05) is 12.6 Å². The molecule has 8 heteroatoms. The Labute approximate surface area is 169 Å². The summed E-state index contributed by atoms with van der Waals surface area (Å²) < 4.78 is 9.98. The van der Waals surface area contributed by atoms with Gasteiger partial charge in [0.1, 0.15) is 23.1 Å². The number of aliphatic imine (C=N–C) groups is 1. The van der Waals surface area contributed by atoms with Crippen LogP contribution < -0.4 is 5.32 Å². The highest BCUT2D eigenvalue weighted by molar-refractivity contribution is 5.82. The Morgan fingerprint density at radius 2 is 2.03 bits per heavy atom. The highest BCUT2D eigenvalue weighted by atomic mass is 16.6. The molecule has 154 valence electrons. The number of amides is 1. The topological polar surface area (TPSA) is 110 Å². The summed E-state index contributed by atoms with van der Waals surface area (Å²) in [4.78, 5) is 32.5. The zero-order valence-electron chi connectivity index (χ0n) is 16.9. The van der Waals surface area contributed by atoms with Crippen LogP contribution in [0.15, 0.2) is 47.6 Å². The summed E-state index contributed by atoms with van der Waals surface area (Å²) >= 11 is 0. The van der Waals surface area contributed by atoms with E-state index in [2.05, 4.69) is 15.3 Å². The van der Waals surface area contributed by atoms with E-state index >= 15 is 0 Å². The molecule has 1 aromatic carbocycles. The minimum atomic E-state index is -0.952. The summed E-state index contributed by atoms with van der Waals surface area (Å²) in [5.74, 6) is -0.627. The minimum Gasteiger partial charge on any atom is -0.506 e. The van der Waals surface area contributed by atoms with Gasteiger partial charge in [-0.15, -0.1) is 0 Å². The van der Waals surface area contributed by atoms with Crippen molar-refractivity contribution in [1.82, 2.24) is 10.3 Å². The van der Waals surface area contributed by atoms with Crippen molar-refractivity contribution >= 4 is 24.0 Å². The molecule has 2 rings (SSSR count). The van der Waals surface area contributed by atoms with Crippen molar-refractivity contribution in [3.05, 3.63) is 53.9 Å². The Morgan fingerprint density at radius 3 is 2.66 bits per heavy atom. The van der Waals surface area contributed by atoms with E-state index in [9.17, 15) is 14.7 Å². The Balaban J connectivity index is 2.17. The maximum absolute atomic E-state index is 12.1. The van der Waals surface area contributed by atoms with Gasteiger partial charge in [0.15, 0.2) is 0 Å². The van der Waals surface area contributed by atoms with Gasteiger partial charge >= 0.3 is 12.1 Å². The smallest absolute Gasteiger partial charge is 0.408 e. The first-order valence-corrected chi connectivity index (χ1v) is 9.02. The lowest BCUT2D eigenvalue weighted by molar-refractivity contribution is -0.143. The number of benzene rings is 1. The maximum atomic E-state index is 12.1. The monoisotopic (exact) mass is 399 g/mol. The summed E-state index contributed by atoms with van der Waals surface area (Å²) in [6.07, 6.45) is 2.58. The van der Waals surface area contributed by atoms with Gasteiger partial charge in [-0.1, -0.05) is 12.1 Å². The predicted octanol–water partition coefficient (Wildman–Crippen LogP) is 3.15. The van der Waals surface area contributed by atoms with Crippen LogP contribution in [0.5, 0.6) is 5.75 Å². The number of pyridine rings is 1. The van der Waals surface area contributed by atoms with Crippen LogP contribution in [-0.2, 0) is 20.7 Å². The fourth-order valence-corrected chi connectivity index (χ4v) is 2.41. The fraction of sp³-hybridized carbons (Fsp3) is 0.333. The second kappa shape index (κ2) is 9.68. The molecule has 2 aromatic rings. The average molecular weight is 399 g/mol. The first-order valence-electron chi connectivity index (χ1n) is 9.02. The molecule has 1 aromatic heterocycles. The molecule has 29 heavy (non-hydrogen) atoms. The number of methoxy groups -OCH3 is 1. The molecule has 1 atom stereocenters. The lowest BCUT2D eigenvalue weighted by atomic mass is 10.0. The highest BCUT2D eigenvalue weighted by Crippen LogP contribution is 2.27. The van der Waals surface area contributed by atoms with E-state index in [1.54, 1.807) is 51.2 Å². The van der Waals surface area contributed by atoms with E-state index in [4.69, 9.17) is 9.47 Å². The summed E-state index contributed by atoms with van der Waals surface area (Å²) in [6.45, 7) is 5.18. The van der Waals surface area contributed by atoms with Crippen LogP contribution in [0.1, 0.15) is 32.0 Å². The van der Waals surface area contributed by atoms with Gasteiger partial charge in [-0.3, -0.25) is 9.98 Å². The van der Waals surface area contributed by atoms with Gasteiger partial charge in [-0.25, -0.2) is 9.59 Å². The zero-order valence-corrected chi connectivity index (χ0v) is 16.9. The number of carbonyl (C=O) groups excluding carboxylic acids is 2. The second-order valence-corrected chi connectivity index (χ2v) is 7.26. The number of phenolic OH excluding ortho intramolecular Hbond substituents is 1. The third kappa shape index (κ3) is 7.25. The summed E-state index contributed by atoms with van der Waals surface area (Å²) in [6, 6.07) is 9.19. The molecule has 2 N–H and O–H groups in total. The fourth-order valence-electron chi connectivity index (χ4n) is 2.41. The standard InChI is InChI=1S/C21H25N3O5/c1-21(2,3)29-20(27)24-17(19(26)28-4)12-14-8-9-18(25)16(11-14)23-13-15-7-5-6-10-22-15/h5-11,13,17,25H,12H2,1-4H3,(H,24,27). The van der Waals surface area contributed by atoms with Gasteiger partial charge in [0.25, 0.3) is 0 Å². The number of alkyl carbamates (subject to hydrolysis) is 1. The number of aromatic nitrogens is 1. The van der Waals surface area contributed by atoms with Crippen LogP contribution >= 0.6 is 0 Å². The number of nitrogens with zero attached hydrogens (tertiary/aromatic N) is 2. The number of carbonyl (C=O) groups is 2. The van der Waals surface area contributed by atoms with Crippen LogP contribution in [0, 0.1) is 0 Å². The van der Waals surface area contributed by atoms with Gasteiger partial charge in [0.05, 0.1) is 19.0 Å². The number of hydrogen-bond acceptors (Lipinski definition) is 7. The molecule has 1 amide bonds. The van der Waals surface area contributed by atoms with Crippen LogP contribution in [0.4, 0.5) is 10.5 Å². The Bertz CT molecular complexity index is 876. The number of phenols is 1. The number of ether oxygens (including phenoxy) is 2. The molecular formula is C21H25N3O5. The van der Waals surface area contributed by atoms with Crippen molar-refractivity contribution in [2.75, 3.05) is 7.11 Å². The Hall–Kier alpha value is -3.42. The molecule has 0 radical (unpaired) electrons. The van der Waals surface area contributed by atoms with E-state index in [0.717, 1.165) is 0 Å². The zero-order chi connectivity index (χ0) is 21.4. The summed E-state index contributed by atoms with van der Waals surface area (Å²) in [7, 11) is 1.24. The van der Waals surface area contributed by atoms with Gasteiger partial charge in [-0.2, -0.15) is 0 Å². The van der Waals surface area contributed by atoms with Crippen LogP contribution in [0.3, 0.4) is 0 Å². The van der Waals surface area contributed by atoms with Crippen molar-refractivity contribution in [1.29, 1.82) is 0 Å². The first-order chi connectivity index (χ1) is 13.7. The van der Waals surface area contributed by atoms with Crippen LogP contribution in [0.2, 0.25) is 0 Å². The van der Waals surface area contributed by atoms with Crippen molar-refractivity contribution in [3.63, 3.8) is 0 Å². The largest absolute Gasteiger partial charge is 0.506 e. The van der Waals surface area contributed by atoms with E-state index in [0.29, 0.717) is 16.9 Å². The Morgan fingerprint density at radius 1 is 1.28 bits per heavy atom. The molecule has 0 saturated heterocycles. The van der Waals surface area contributed by atoms with E-state index in [-0.39, 0.29) is 12.2 Å². The highest BCUT2D eigenvalue weighted by Gasteiger charge is 2.25. The molecule has 8 nitrogen and oxygen atoms in total. The van der Waals surface area contributed by atoms with E-state index in [1.807, 2.05) is 6.07 Å². The molecule has 0 bridgehead atoms. The maximum Gasteiger partial charge on any atom is 0.408 e. The molecule has 0 aliphatic carbocycles. The normalized spacial score (nSPS) is 12.4. The van der Waals surface area contributed by atoms with Crippen molar-refractivity contribution in [2.45, 2.75) is 38.8 Å². The first kappa shape index (κ1) is 21.9. The van der Waals surface area contributed by atoms with Crippen LogP contribution in [0.25, 0.3) is 0 Å². The molecule has 0 saturated carbocycles. The lowest BCUT2D eigenvalue weighted by Gasteiger charge is -2.22. The molecule has 1 unspecified atom stereocenters. The number of aromatic hydroxyl groups is 1. The van der Waals surface area contributed by atoms with Crippen molar-refractivity contribution in [3.8, 4) is 5.75 Å². The average Bonchev–Trinajstić information content (AvgIpc) is 2.66. The molecular weight excluding hydrogens is 374 g/mol. The van der Waals surface area contributed by atoms with Gasteiger partial charge in [-0.05, 0) is 50.6 Å². The Kier molecular flexibility index (Phi) is 7.30. The molecule has 0 spiro atoms. The lowest BCUT2D eigenvalue weighted by Crippen LogP contribution is -2.45. The summed E-state index contributed by atoms with van der Waals surface area (Å²) in [5.41, 5.74) is 0.921. The SMILES string of the molecule is COC(=O)C(Cc1ccc(O)c(N=Cc2ccccn2)c1)NC(=O)OC(C)(C)C. The summed E-state index contributed by atoms with van der Waals surface area (Å²) in [5, 5.41) is 12.6. The van der Waals surface area contributed by atoms with E-state index in [1.165, 1.54) is 19.4 Å². The van der Waals surface area contributed by atoms with Crippen LogP contribution in [-0.4, -0.2) is 47.1 Å². The molecule has 1 heterocycles. The van der Waals surface area contributed by atoms with Gasteiger partial charge in [0.2, 0.25) is 0 Å². The predicted molar refractivity (Wildman–Crippen MR) is 108 cm³/mol. The third-order valence-electron chi connectivity index (χ3n) is 3.68. The number of hydrogen-bond donors (Lipinski definition) is 2. The molecule has 0 aliphatic rings. The quantitative estimate of drug-likeness (QED) is 0.570. The number of nitrogens with one attached hydrogen (secondary N) is 1. The second-order valence-electron chi connectivity index (χ2n) is 7.26. The molecule has 0 fully saturated rings. The number of esters is 1. The van der Waals surface area contributed by atoms with Crippen molar-refractivity contribution in [2.24, 2.45) is 4.99 Å². The van der Waals surface area contributed by atoms with Crippen molar-refractivity contribution < 1.29 is 24.2 Å².